The van der Waals surface area contributed by atoms with Gasteiger partial charge < -0.3 is 11.5 Å². The molecule has 1 aliphatic carbocycles. The second-order valence-corrected chi connectivity index (χ2v) is 5.34. The predicted molar refractivity (Wildman–Crippen MR) is 68.4 cm³/mol. The molecule has 0 spiro atoms. The summed E-state index contributed by atoms with van der Waals surface area (Å²) >= 11 is 3.36. The minimum Gasteiger partial charge on any atom is -0.399 e. The molecule has 1 aromatic rings. The van der Waals surface area contributed by atoms with Crippen LogP contribution < -0.4 is 11.5 Å². The highest BCUT2D eigenvalue weighted by molar-refractivity contribution is 9.10. The number of hydrogen-bond acceptors (Lipinski definition) is 2. The van der Waals surface area contributed by atoms with E-state index in [1.807, 2.05) is 18.2 Å². The van der Waals surface area contributed by atoms with Gasteiger partial charge in [-0.25, -0.2) is 4.39 Å². The van der Waals surface area contributed by atoms with Crippen molar-refractivity contribution < 1.29 is 4.39 Å². The fourth-order valence-corrected chi connectivity index (χ4v) is 1.89. The zero-order chi connectivity index (χ0) is 11.8. The highest BCUT2D eigenvalue weighted by Crippen LogP contribution is 2.30. The van der Waals surface area contributed by atoms with Gasteiger partial charge in [-0.1, -0.05) is 34.2 Å². The lowest BCUT2D eigenvalue weighted by atomic mass is 9.97. The van der Waals surface area contributed by atoms with Gasteiger partial charge in [-0.15, -0.1) is 0 Å². The molecule has 1 atom stereocenters. The highest BCUT2D eigenvalue weighted by atomic mass is 79.9. The molecule has 1 aromatic carbocycles. The first-order chi connectivity index (χ1) is 7.48. The van der Waals surface area contributed by atoms with Crippen LogP contribution >= 0.6 is 15.9 Å². The molecular formula is C12H12BrFN2. The largest absolute Gasteiger partial charge is 0.399 e. The molecule has 1 aliphatic rings. The van der Waals surface area contributed by atoms with Crippen LogP contribution in [-0.2, 0) is 0 Å². The summed E-state index contributed by atoms with van der Waals surface area (Å²) in [4.78, 5) is 0. The summed E-state index contributed by atoms with van der Waals surface area (Å²) in [5, 5.41) is 0. The van der Waals surface area contributed by atoms with E-state index in [4.69, 9.17) is 11.5 Å². The number of anilines is 1. The van der Waals surface area contributed by atoms with Crippen molar-refractivity contribution in [3.63, 3.8) is 0 Å². The van der Waals surface area contributed by atoms with E-state index in [1.54, 1.807) is 12.1 Å². The second kappa shape index (κ2) is 4.03. The van der Waals surface area contributed by atoms with Gasteiger partial charge in [0.2, 0.25) is 0 Å². The topological polar surface area (TPSA) is 52.0 Å². The van der Waals surface area contributed by atoms with Gasteiger partial charge in [0.25, 0.3) is 0 Å². The van der Waals surface area contributed by atoms with E-state index < -0.39 is 4.45 Å². The summed E-state index contributed by atoms with van der Waals surface area (Å²) in [6, 6.07) is 4.69. The molecule has 2 nitrogen and oxygen atoms in total. The van der Waals surface area contributed by atoms with Crippen LogP contribution in [0.3, 0.4) is 0 Å². The maximum Gasteiger partial charge on any atom is 0.133 e. The maximum absolute atomic E-state index is 13.6. The van der Waals surface area contributed by atoms with Crippen molar-refractivity contribution in [1.29, 1.82) is 0 Å². The Morgan fingerprint density at radius 1 is 1.38 bits per heavy atom. The Kier molecular flexibility index (Phi) is 2.86. The third kappa shape index (κ3) is 2.33. The Morgan fingerprint density at radius 3 is 2.69 bits per heavy atom. The average Bonchev–Trinajstić information content (AvgIpc) is 2.19. The van der Waals surface area contributed by atoms with Crippen molar-refractivity contribution in [2.75, 3.05) is 5.73 Å². The number of benzene rings is 1. The summed E-state index contributed by atoms with van der Waals surface area (Å²) in [5.74, 6) is -0.310. The Balaban J connectivity index is 2.34. The zero-order valence-corrected chi connectivity index (χ0v) is 10.2. The minimum atomic E-state index is -0.513. The number of allylic oxidation sites excluding steroid dienone is 2. The van der Waals surface area contributed by atoms with E-state index in [-0.39, 0.29) is 5.82 Å². The number of rotatable bonds is 1. The van der Waals surface area contributed by atoms with Gasteiger partial charge >= 0.3 is 0 Å². The monoisotopic (exact) mass is 282 g/mol. The molecule has 1 unspecified atom stereocenters. The van der Waals surface area contributed by atoms with Crippen molar-refractivity contribution >= 4 is 27.2 Å². The van der Waals surface area contributed by atoms with Gasteiger partial charge in [0.1, 0.15) is 5.82 Å². The molecule has 0 fully saturated rings. The van der Waals surface area contributed by atoms with Crippen molar-refractivity contribution in [1.82, 2.24) is 0 Å². The third-order valence-electron chi connectivity index (χ3n) is 2.48. The molecule has 0 amide bonds. The van der Waals surface area contributed by atoms with Crippen molar-refractivity contribution in [2.45, 2.75) is 10.9 Å². The molecule has 4 heteroatoms. The maximum atomic E-state index is 13.6. The first kappa shape index (κ1) is 11.4. The van der Waals surface area contributed by atoms with Crippen LogP contribution in [0.2, 0.25) is 0 Å². The van der Waals surface area contributed by atoms with E-state index in [0.717, 1.165) is 5.57 Å². The third-order valence-corrected chi connectivity index (χ3v) is 3.07. The Bertz CT molecular complexity index is 478. The van der Waals surface area contributed by atoms with Crippen molar-refractivity contribution in [3.8, 4) is 0 Å². The smallest absolute Gasteiger partial charge is 0.133 e. The molecule has 16 heavy (non-hydrogen) atoms. The first-order valence-electron chi connectivity index (χ1n) is 4.90. The Labute approximate surface area is 102 Å². The average molecular weight is 283 g/mol. The van der Waals surface area contributed by atoms with Crippen LogP contribution in [0, 0.1) is 5.82 Å². The molecule has 4 N–H and O–H groups in total. The van der Waals surface area contributed by atoms with Crippen LogP contribution in [0.4, 0.5) is 10.1 Å². The number of nitrogen functional groups attached to an aromatic ring is 1. The molecule has 0 heterocycles. The van der Waals surface area contributed by atoms with Crippen LogP contribution in [0.1, 0.15) is 12.0 Å². The molecular weight excluding hydrogens is 271 g/mol. The fourth-order valence-electron chi connectivity index (χ4n) is 1.60. The number of alkyl halides is 1. The molecule has 0 radical (unpaired) electrons. The van der Waals surface area contributed by atoms with E-state index in [9.17, 15) is 4.39 Å². The van der Waals surface area contributed by atoms with Gasteiger partial charge in [0, 0.05) is 11.3 Å². The predicted octanol–water partition coefficient (Wildman–Crippen LogP) is 2.80. The second-order valence-electron chi connectivity index (χ2n) is 3.86. The summed E-state index contributed by atoms with van der Waals surface area (Å²) < 4.78 is 13.1. The fraction of sp³-hybridized carbons (Fsp3) is 0.167. The van der Waals surface area contributed by atoms with Gasteiger partial charge in [-0.05, 0) is 30.2 Å². The molecule has 0 saturated carbocycles. The molecule has 0 aliphatic heterocycles. The van der Waals surface area contributed by atoms with Crippen LogP contribution in [0.25, 0.3) is 5.57 Å². The number of hydrogen-bond donors (Lipinski definition) is 2. The van der Waals surface area contributed by atoms with Gasteiger partial charge in [-0.3, -0.25) is 0 Å². The Hall–Kier alpha value is -1.13. The molecule has 0 saturated heterocycles. The zero-order valence-electron chi connectivity index (χ0n) is 8.58. The SMILES string of the molecule is Nc1ccc(C2=CCC(N)(Br)C=C2)c(F)c1. The van der Waals surface area contributed by atoms with Crippen LogP contribution in [0.5, 0.6) is 0 Å². The van der Waals surface area contributed by atoms with Crippen molar-refractivity contribution in [3.05, 3.63) is 47.8 Å². The normalized spacial score (nSPS) is 24.3. The van der Waals surface area contributed by atoms with E-state index in [0.29, 0.717) is 17.7 Å². The highest BCUT2D eigenvalue weighted by Gasteiger charge is 2.20. The number of halogens is 2. The molecule has 84 valence electrons. The van der Waals surface area contributed by atoms with E-state index in [1.165, 1.54) is 6.07 Å². The summed E-state index contributed by atoms with van der Waals surface area (Å²) in [7, 11) is 0. The lowest BCUT2D eigenvalue weighted by molar-refractivity contribution is 0.624. The van der Waals surface area contributed by atoms with Crippen LogP contribution in [-0.4, -0.2) is 4.45 Å². The van der Waals surface area contributed by atoms with Crippen LogP contribution in [0.15, 0.2) is 36.4 Å². The molecule has 2 rings (SSSR count). The number of nitrogens with two attached hydrogens (primary N) is 2. The quantitative estimate of drug-likeness (QED) is 0.473. The first-order valence-corrected chi connectivity index (χ1v) is 5.70. The summed E-state index contributed by atoms with van der Waals surface area (Å²) in [6.45, 7) is 0. The Morgan fingerprint density at radius 2 is 2.12 bits per heavy atom. The van der Waals surface area contributed by atoms with Gasteiger partial charge in [0.05, 0.1) is 4.45 Å². The lowest BCUT2D eigenvalue weighted by Gasteiger charge is -2.21. The van der Waals surface area contributed by atoms with E-state index in [2.05, 4.69) is 15.9 Å². The standard InChI is InChI=1S/C12H12BrFN2/c13-12(16)5-3-8(4-6-12)10-2-1-9(15)7-11(10)14/h1-5,7H,6,15-16H2. The summed E-state index contributed by atoms with van der Waals surface area (Å²) in [5.41, 5.74) is 13.2. The molecule has 0 bridgehead atoms. The minimum absolute atomic E-state index is 0.310. The van der Waals surface area contributed by atoms with Crippen molar-refractivity contribution in [2.24, 2.45) is 5.73 Å². The van der Waals surface area contributed by atoms with Gasteiger partial charge in [-0.2, -0.15) is 0 Å². The van der Waals surface area contributed by atoms with Gasteiger partial charge in [0.15, 0.2) is 0 Å². The molecule has 0 aromatic heterocycles. The van der Waals surface area contributed by atoms with E-state index >= 15 is 0 Å². The lowest BCUT2D eigenvalue weighted by Crippen LogP contribution is -2.30. The summed E-state index contributed by atoms with van der Waals surface area (Å²) in [6.07, 6.45) is 6.16.